The molecule has 0 fully saturated rings. The first-order valence-corrected chi connectivity index (χ1v) is 6.23. The Morgan fingerprint density at radius 1 is 1.29 bits per heavy atom. The zero-order chi connectivity index (χ0) is 12.7. The van der Waals surface area contributed by atoms with Gasteiger partial charge >= 0.3 is 5.97 Å². The summed E-state index contributed by atoms with van der Waals surface area (Å²) in [6.45, 7) is 4.54. The Hall–Kier alpha value is -1.51. The average Bonchev–Trinajstić information content (AvgIpc) is 2.32. The van der Waals surface area contributed by atoms with E-state index in [1.807, 2.05) is 19.1 Å². The van der Waals surface area contributed by atoms with Crippen molar-refractivity contribution >= 4 is 11.7 Å². The summed E-state index contributed by atoms with van der Waals surface area (Å²) in [4.78, 5) is 10.9. The number of hydrogen-bond acceptors (Lipinski definition) is 2. The van der Waals surface area contributed by atoms with Gasteiger partial charge in [0.15, 0.2) is 0 Å². The van der Waals surface area contributed by atoms with Gasteiger partial charge in [-0.2, -0.15) is 0 Å². The smallest absolute Gasteiger partial charge is 0.308 e. The number of benzene rings is 1. The van der Waals surface area contributed by atoms with Gasteiger partial charge in [-0.1, -0.05) is 32.4 Å². The average molecular weight is 235 g/mol. The summed E-state index contributed by atoms with van der Waals surface area (Å²) >= 11 is 0. The van der Waals surface area contributed by atoms with Crippen molar-refractivity contribution in [2.45, 2.75) is 33.1 Å². The Bertz CT molecular complexity index is 346. The Labute approximate surface area is 103 Å². The lowest BCUT2D eigenvalue weighted by Crippen LogP contribution is -2.21. The van der Waals surface area contributed by atoms with E-state index in [0.717, 1.165) is 18.5 Å². The van der Waals surface area contributed by atoms with Crippen molar-refractivity contribution in [2.24, 2.45) is 5.92 Å². The van der Waals surface area contributed by atoms with E-state index in [1.165, 1.54) is 5.56 Å². The molecule has 0 aliphatic heterocycles. The first-order valence-electron chi connectivity index (χ1n) is 6.23. The molecule has 0 aromatic heterocycles. The van der Waals surface area contributed by atoms with Crippen molar-refractivity contribution in [3.05, 3.63) is 29.8 Å². The van der Waals surface area contributed by atoms with Crippen LogP contribution in [0.15, 0.2) is 24.3 Å². The first-order chi connectivity index (χ1) is 8.17. The lowest BCUT2D eigenvalue weighted by atomic mass is 10.1. The van der Waals surface area contributed by atoms with Crippen molar-refractivity contribution < 1.29 is 9.90 Å². The molecule has 0 saturated carbocycles. The summed E-state index contributed by atoms with van der Waals surface area (Å²) in [5, 5.41) is 12.1. The van der Waals surface area contributed by atoms with Crippen molar-refractivity contribution in [1.29, 1.82) is 0 Å². The molecule has 0 aliphatic carbocycles. The SMILES string of the molecule is CCCc1ccc(NCC(CC)C(=O)O)cc1. The molecule has 3 heteroatoms. The molecule has 0 radical (unpaired) electrons. The van der Waals surface area contributed by atoms with E-state index in [0.29, 0.717) is 13.0 Å². The van der Waals surface area contributed by atoms with Gasteiger partial charge in [-0.05, 0) is 30.5 Å². The van der Waals surface area contributed by atoms with E-state index in [4.69, 9.17) is 5.11 Å². The lowest BCUT2D eigenvalue weighted by molar-refractivity contribution is -0.141. The maximum absolute atomic E-state index is 10.9. The molecule has 1 unspecified atom stereocenters. The highest BCUT2D eigenvalue weighted by molar-refractivity contribution is 5.70. The van der Waals surface area contributed by atoms with E-state index in [9.17, 15) is 4.79 Å². The highest BCUT2D eigenvalue weighted by Crippen LogP contribution is 2.12. The van der Waals surface area contributed by atoms with Gasteiger partial charge < -0.3 is 10.4 Å². The van der Waals surface area contributed by atoms with E-state index < -0.39 is 5.97 Å². The topological polar surface area (TPSA) is 49.3 Å². The number of carboxylic acids is 1. The number of anilines is 1. The Balaban J connectivity index is 2.49. The van der Waals surface area contributed by atoms with Crippen LogP contribution in [0, 0.1) is 5.92 Å². The van der Waals surface area contributed by atoms with Crippen LogP contribution in [0.5, 0.6) is 0 Å². The molecule has 0 amide bonds. The van der Waals surface area contributed by atoms with Crippen LogP contribution < -0.4 is 5.32 Å². The quantitative estimate of drug-likeness (QED) is 0.763. The van der Waals surface area contributed by atoms with E-state index in [1.54, 1.807) is 0 Å². The second-order valence-electron chi connectivity index (χ2n) is 4.27. The van der Waals surface area contributed by atoms with Crippen LogP contribution in [0.1, 0.15) is 32.3 Å². The molecule has 1 aromatic rings. The molecule has 0 spiro atoms. The Kier molecular flexibility index (Phi) is 5.53. The third-order valence-corrected chi connectivity index (χ3v) is 2.89. The minimum absolute atomic E-state index is 0.315. The largest absolute Gasteiger partial charge is 0.481 e. The number of carbonyl (C=O) groups is 1. The number of nitrogens with one attached hydrogen (secondary N) is 1. The maximum Gasteiger partial charge on any atom is 0.308 e. The minimum atomic E-state index is -0.734. The van der Waals surface area contributed by atoms with Crippen LogP contribution in [0.3, 0.4) is 0 Å². The van der Waals surface area contributed by atoms with Crippen molar-refractivity contribution in [1.82, 2.24) is 0 Å². The fraction of sp³-hybridized carbons (Fsp3) is 0.500. The van der Waals surface area contributed by atoms with Gasteiger partial charge in [0.05, 0.1) is 5.92 Å². The Morgan fingerprint density at radius 2 is 1.94 bits per heavy atom. The van der Waals surface area contributed by atoms with Crippen molar-refractivity contribution in [3.63, 3.8) is 0 Å². The standard InChI is InChI=1S/C14H21NO2/c1-3-5-11-6-8-13(9-7-11)15-10-12(4-2)14(16)17/h6-9,12,15H,3-5,10H2,1-2H3,(H,16,17). The highest BCUT2D eigenvalue weighted by atomic mass is 16.4. The van der Waals surface area contributed by atoms with Gasteiger partial charge in [0.2, 0.25) is 0 Å². The zero-order valence-corrected chi connectivity index (χ0v) is 10.6. The predicted octanol–water partition coefficient (Wildman–Crippen LogP) is 3.16. The predicted molar refractivity (Wildman–Crippen MR) is 70.3 cm³/mol. The molecule has 0 saturated heterocycles. The summed E-state index contributed by atoms with van der Waals surface area (Å²) in [6.07, 6.45) is 2.88. The number of aliphatic carboxylic acids is 1. The molecule has 0 bridgehead atoms. The van der Waals surface area contributed by atoms with Gasteiger partial charge in [0.25, 0.3) is 0 Å². The summed E-state index contributed by atoms with van der Waals surface area (Å²) in [5.41, 5.74) is 2.31. The minimum Gasteiger partial charge on any atom is -0.481 e. The maximum atomic E-state index is 10.9. The fourth-order valence-corrected chi connectivity index (χ4v) is 1.73. The summed E-state index contributed by atoms with van der Waals surface area (Å²) in [7, 11) is 0. The molecule has 94 valence electrons. The molecule has 3 nitrogen and oxygen atoms in total. The van der Waals surface area contributed by atoms with Crippen LogP contribution in [0.4, 0.5) is 5.69 Å². The molecule has 17 heavy (non-hydrogen) atoms. The molecule has 2 N–H and O–H groups in total. The molecular weight excluding hydrogens is 214 g/mol. The number of aryl methyl sites for hydroxylation is 1. The van der Waals surface area contributed by atoms with Crippen molar-refractivity contribution in [2.75, 3.05) is 11.9 Å². The summed E-state index contributed by atoms with van der Waals surface area (Å²) in [6, 6.07) is 8.21. The molecule has 1 atom stereocenters. The molecule has 0 aliphatic rings. The lowest BCUT2D eigenvalue weighted by Gasteiger charge is -2.12. The van der Waals surface area contributed by atoms with E-state index >= 15 is 0 Å². The normalized spacial score (nSPS) is 12.1. The second-order valence-corrected chi connectivity index (χ2v) is 4.27. The molecule has 0 heterocycles. The number of hydrogen-bond donors (Lipinski definition) is 2. The molecule has 1 rings (SSSR count). The summed E-state index contributed by atoms with van der Waals surface area (Å²) < 4.78 is 0. The highest BCUT2D eigenvalue weighted by Gasteiger charge is 2.13. The van der Waals surface area contributed by atoms with Gasteiger partial charge in [-0.25, -0.2) is 0 Å². The third kappa shape index (κ3) is 4.47. The third-order valence-electron chi connectivity index (χ3n) is 2.89. The first kappa shape index (κ1) is 13.6. The Morgan fingerprint density at radius 3 is 2.41 bits per heavy atom. The van der Waals surface area contributed by atoms with Gasteiger partial charge in [-0.3, -0.25) is 4.79 Å². The second kappa shape index (κ2) is 6.94. The van der Waals surface area contributed by atoms with E-state index in [2.05, 4.69) is 24.4 Å². The van der Waals surface area contributed by atoms with Gasteiger partial charge in [-0.15, -0.1) is 0 Å². The van der Waals surface area contributed by atoms with Crippen LogP contribution in [0.2, 0.25) is 0 Å². The molecule has 1 aromatic carbocycles. The van der Waals surface area contributed by atoms with Crippen LogP contribution in [-0.4, -0.2) is 17.6 Å². The number of carboxylic acid groups (broad SMARTS) is 1. The van der Waals surface area contributed by atoms with Crippen LogP contribution in [-0.2, 0) is 11.2 Å². The zero-order valence-electron chi connectivity index (χ0n) is 10.6. The van der Waals surface area contributed by atoms with Crippen molar-refractivity contribution in [3.8, 4) is 0 Å². The van der Waals surface area contributed by atoms with Crippen LogP contribution >= 0.6 is 0 Å². The monoisotopic (exact) mass is 235 g/mol. The fourth-order valence-electron chi connectivity index (χ4n) is 1.73. The summed E-state index contributed by atoms with van der Waals surface area (Å²) in [5.74, 6) is -1.05. The van der Waals surface area contributed by atoms with Gasteiger partial charge in [0, 0.05) is 12.2 Å². The molecular formula is C14H21NO2. The van der Waals surface area contributed by atoms with Gasteiger partial charge in [0.1, 0.15) is 0 Å². The van der Waals surface area contributed by atoms with Crippen LogP contribution in [0.25, 0.3) is 0 Å². The van der Waals surface area contributed by atoms with E-state index in [-0.39, 0.29) is 5.92 Å². The number of rotatable bonds is 7.